The first-order valence-electron chi connectivity index (χ1n) is 8.71. The van der Waals surface area contributed by atoms with Gasteiger partial charge in [-0.15, -0.1) is 5.12 Å². The molecule has 4 aromatic rings. The van der Waals surface area contributed by atoms with E-state index in [-0.39, 0.29) is 11.5 Å². The number of aromatic nitrogens is 4. The highest BCUT2D eigenvalue weighted by Crippen LogP contribution is 2.24. The fraction of sp³-hybridized carbons (Fsp3) is 0.105. The summed E-state index contributed by atoms with van der Waals surface area (Å²) in [5.74, 6) is -0.213. The zero-order chi connectivity index (χ0) is 19.3. The Bertz CT molecular complexity index is 1220. The van der Waals surface area contributed by atoms with Crippen LogP contribution in [0, 0.1) is 5.82 Å². The summed E-state index contributed by atoms with van der Waals surface area (Å²) in [6.07, 6.45) is 7.35. The van der Waals surface area contributed by atoms with Crippen LogP contribution in [0.3, 0.4) is 0 Å². The van der Waals surface area contributed by atoms with Gasteiger partial charge >= 0.3 is 0 Å². The van der Waals surface area contributed by atoms with Crippen LogP contribution in [0.4, 0.5) is 10.3 Å². The number of benzene rings is 1. The standard InChI is InChI=1S/C19H17FN8/c1-26-25-16(12-4-3-7-22-8-12)11-27(26)9-13-10-28-18(23-13)14-5-2-6-15(20)17(14)24-19(28)21/h2-8,10-11,25H,9H2,1H3,(H2,21,24). The number of rotatable bonds is 3. The van der Waals surface area contributed by atoms with Crippen molar-refractivity contribution in [1.29, 1.82) is 0 Å². The molecule has 28 heavy (non-hydrogen) atoms. The van der Waals surface area contributed by atoms with E-state index in [4.69, 9.17) is 5.73 Å². The van der Waals surface area contributed by atoms with Crippen LogP contribution < -0.4 is 11.2 Å². The Morgan fingerprint density at radius 1 is 1.18 bits per heavy atom. The van der Waals surface area contributed by atoms with E-state index in [9.17, 15) is 4.39 Å². The lowest BCUT2D eigenvalue weighted by Crippen LogP contribution is -2.38. The molecule has 0 spiro atoms. The Kier molecular flexibility index (Phi) is 3.63. The van der Waals surface area contributed by atoms with Crippen LogP contribution in [0.15, 0.2) is 55.1 Å². The average molecular weight is 376 g/mol. The van der Waals surface area contributed by atoms with Crippen molar-refractivity contribution in [2.24, 2.45) is 0 Å². The molecular weight excluding hydrogens is 359 g/mol. The first-order chi connectivity index (χ1) is 13.6. The predicted octanol–water partition coefficient (Wildman–Crippen LogP) is 2.16. The van der Waals surface area contributed by atoms with Gasteiger partial charge in [0.25, 0.3) is 0 Å². The highest BCUT2D eigenvalue weighted by Gasteiger charge is 2.21. The number of hydrogen-bond donors (Lipinski definition) is 2. The summed E-state index contributed by atoms with van der Waals surface area (Å²) >= 11 is 0. The molecule has 0 fully saturated rings. The molecule has 0 aliphatic carbocycles. The van der Waals surface area contributed by atoms with Gasteiger partial charge in [-0.3, -0.25) is 19.8 Å². The smallest absolute Gasteiger partial charge is 0.206 e. The predicted molar refractivity (Wildman–Crippen MR) is 104 cm³/mol. The molecule has 0 saturated heterocycles. The summed E-state index contributed by atoms with van der Waals surface area (Å²) in [7, 11) is 1.91. The lowest BCUT2D eigenvalue weighted by atomic mass is 10.2. The van der Waals surface area contributed by atoms with Crippen molar-refractivity contribution < 1.29 is 4.39 Å². The van der Waals surface area contributed by atoms with E-state index in [1.165, 1.54) is 6.07 Å². The topological polar surface area (TPSA) is 87.6 Å². The van der Waals surface area contributed by atoms with Crippen molar-refractivity contribution in [2.45, 2.75) is 6.54 Å². The Morgan fingerprint density at radius 2 is 2.07 bits per heavy atom. The fourth-order valence-electron chi connectivity index (χ4n) is 3.33. The van der Waals surface area contributed by atoms with Gasteiger partial charge < -0.3 is 5.73 Å². The van der Waals surface area contributed by atoms with Crippen LogP contribution in [-0.2, 0) is 6.54 Å². The van der Waals surface area contributed by atoms with Gasteiger partial charge in [0, 0.05) is 42.8 Å². The maximum Gasteiger partial charge on any atom is 0.206 e. The average Bonchev–Trinajstić information content (AvgIpc) is 3.28. The number of imidazole rings is 1. The maximum absolute atomic E-state index is 14.1. The van der Waals surface area contributed by atoms with Crippen LogP contribution in [0.5, 0.6) is 0 Å². The number of fused-ring (bicyclic) bond motifs is 3. The molecule has 5 rings (SSSR count). The van der Waals surface area contributed by atoms with Crippen LogP contribution >= 0.6 is 0 Å². The Balaban J connectivity index is 1.52. The molecule has 0 amide bonds. The van der Waals surface area contributed by atoms with Crippen molar-refractivity contribution in [3.8, 4) is 0 Å². The molecule has 3 aromatic heterocycles. The van der Waals surface area contributed by atoms with E-state index >= 15 is 0 Å². The van der Waals surface area contributed by atoms with E-state index < -0.39 is 5.82 Å². The normalized spacial score (nSPS) is 14.6. The van der Waals surface area contributed by atoms with Gasteiger partial charge in [-0.05, 0) is 24.3 Å². The Hall–Kier alpha value is -3.72. The van der Waals surface area contributed by atoms with Crippen molar-refractivity contribution in [2.75, 3.05) is 12.8 Å². The van der Waals surface area contributed by atoms with Crippen molar-refractivity contribution in [1.82, 2.24) is 34.9 Å². The summed E-state index contributed by atoms with van der Waals surface area (Å²) in [4.78, 5) is 13.0. The molecule has 0 atom stereocenters. The number of para-hydroxylation sites is 1. The summed E-state index contributed by atoms with van der Waals surface area (Å²) in [6.45, 7) is 0.505. The van der Waals surface area contributed by atoms with E-state index in [1.54, 1.807) is 28.9 Å². The van der Waals surface area contributed by atoms with Crippen molar-refractivity contribution in [3.05, 3.63) is 72.2 Å². The SMILES string of the molecule is CN1NC(c2cccnc2)=CN1Cc1cn2c(N)nc3c(F)cccc3c2n1. The number of pyridine rings is 1. The highest BCUT2D eigenvalue weighted by molar-refractivity contribution is 5.92. The van der Waals surface area contributed by atoms with Gasteiger partial charge in [-0.1, -0.05) is 6.07 Å². The van der Waals surface area contributed by atoms with Gasteiger partial charge in [0.05, 0.1) is 17.9 Å². The molecule has 4 heterocycles. The van der Waals surface area contributed by atoms with E-state index in [1.807, 2.05) is 41.7 Å². The van der Waals surface area contributed by atoms with Crippen LogP contribution in [0.1, 0.15) is 11.3 Å². The first-order valence-corrected chi connectivity index (χ1v) is 8.71. The largest absolute Gasteiger partial charge is 0.369 e. The number of nitrogens with two attached hydrogens (primary N) is 1. The molecule has 1 aromatic carbocycles. The van der Waals surface area contributed by atoms with E-state index in [2.05, 4.69) is 20.4 Å². The summed E-state index contributed by atoms with van der Waals surface area (Å²) < 4.78 is 15.8. The van der Waals surface area contributed by atoms with Gasteiger partial charge in [0.2, 0.25) is 5.95 Å². The monoisotopic (exact) mass is 376 g/mol. The van der Waals surface area contributed by atoms with Gasteiger partial charge in [-0.2, -0.15) is 0 Å². The number of anilines is 1. The highest BCUT2D eigenvalue weighted by atomic mass is 19.1. The maximum atomic E-state index is 14.1. The minimum atomic E-state index is -0.413. The quantitative estimate of drug-likeness (QED) is 0.566. The third kappa shape index (κ3) is 2.60. The molecule has 8 nitrogen and oxygen atoms in total. The Labute approximate surface area is 159 Å². The second kappa shape index (κ2) is 6.17. The van der Waals surface area contributed by atoms with Gasteiger partial charge in [0.15, 0.2) is 0 Å². The van der Waals surface area contributed by atoms with Crippen LogP contribution in [0.25, 0.3) is 22.2 Å². The van der Waals surface area contributed by atoms with Crippen molar-refractivity contribution >= 4 is 28.2 Å². The van der Waals surface area contributed by atoms with Gasteiger partial charge in [0.1, 0.15) is 17.0 Å². The number of nitrogens with zero attached hydrogens (tertiary/aromatic N) is 6. The molecule has 0 radical (unpaired) electrons. The first kappa shape index (κ1) is 16.5. The zero-order valence-corrected chi connectivity index (χ0v) is 15.0. The minimum absolute atomic E-state index is 0.200. The van der Waals surface area contributed by atoms with E-state index in [0.29, 0.717) is 17.6 Å². The van der Waals surface area contributed by atoms with Crippen LogP contribution in [0.2, 0.25) is 0 Å². The lowest BCUT2D eigenvalue weighted by Gasteiger charge is -2.23. The molecular formula is C19H17FN8. The minimum Gasteiger partial charge on any atom is -0.369 e. The van der Waals surface area contributed by atoms with Crippen molar-refractivity contribution in [3.63, 3.8) is 0 Å². The summed E-state index contributed by atoms with van der Waals surface area (Å²) in [6, 6.07) is 8.68. The fourth-order valence-corrected chi connectivity index (χ4v) is 3.33. The zero-order valence-electron chi connectivity index (χ0n) is 15.0. The third-order valence-corrected chi connectivity index (χ3v) is 4.70. The molecule has 3 N–H and O–H groups in total. The summed E-state index contributed by atoms with van der Waals surface area (Å²) in [5, 5.41) is 4.47. The second-order valence-electron chi connectivity index (χ2n) is 6.55. The number of halogens is 1. The Morgan fingerprint density at radius 3 is 2.89 bits per heavy atom. The third-order valence-electron chi connectivity index (χ3n) is 4.70. The van der Waals surface area contributed by atoms with E-state index in [0.717, 1.165) is 17.0 Å². The molecule has 0 saturated carbocycles. The molecule has 9 heteroatoms. The summed E-state index contributed by atoms with van der Waals surface area (Å²) in [5.41, 5.74) is 12.8. The number of nitrogen functional groups attached to an aromatic ring is 1. The number of hydrogen-bond acceptors (Lipinski definition) is 7. The second-order valence-corrected chi connectivity index (χ2v) is 6.55. The van der Waals surface area contributed by atoms with Gasteiger partial charge in [-0.25, -0.2) is 14.4 Å². The molecule has 1 aliphatic heterocycles. The number of nitrogens with one attached hydrogen (secondary N) is 1. The van der Waals surface area contributed by atoms with Crippen LogP contribution in [-0.4, -0.2) is 36.5 Å². The molecule has 0 bridgehead atoms. The molecule has 0 unspecified atom stereocenters. The molecule has 1 aliphatic rings. The number of hydrazine groups is 2. The molecule has 140 valence electrons. The lowest BCUT2D eigenvalue weighted by molar-refractivity contribution is 0.0309.